The van der Waals surface area contributed by atoms with Gasteiger partial charge in [-0.05, 0) is 36.6 Å². The van der Waals surface area contributed by atoms with Crippen LogP contribution in [0.4, 0.5) is 0 Å². The molecule has 0 saturated heterocycles. The monoisotopic (exact) mass is 440 g/mol. The number of rotatable bonds is 4. The van der Waals surface area contributed by atoms with Crippen LogP contribution >= 0.6 is 34.7 Å². The number of benzene rings is 2. The quantitative estimate of drug-likeness (QED) is 0.251. The molecular formula is C23H21ClN2OS2. The Labute approximate surface area is 182 Å². The number of thiophene rings is 1. The normalized spacial score (nSPS) is 15.3. The Morgan fingerprint density at radius 3 is 2.76 bits per heavy atom. The van der Waals surface area contributed by atoms with Crippen molar-refractivity contribution in [3.63, 3.8) is 0 Å². The summed E-state index contributed by atoms with van der Waals surface area (Å²) in [6, 6.07) is 16.3. The third-order valence-corrected chi connectivity index (χ3v) is 8.00. The van der Waals surface area contributed by atoms with Crippen LogP contribution in [0.25, 0.3) is 20.3 Å². The lowest BCUT2D eigenvalue weighted by Gasteiger charge is -2.25. The van der Waals surface area contributed by atoms with Gasteiger partial charge in [0.15, 0.2) is 5.16 Å². The zero-order valence-electron chi connectivity index (χ0n) is 15.9. The van der Waals surface area contributed by atoms with Gasteiger partial charge in [0.2, 0.25) is 0 Å². The standard InChI is InChI=1S/C23H21ClN2OS2/c24-16-8-6-7-15(13-16)14-28-23-25-20-18-11-4-5-12-19(18)29-21(20)22(27)26(23)17-9-2-1-3-10-17/h4-8,11-13,17H,1-3,9-10,14H2. The van der Waals surface area contributed by atoms with E-state index in [1.165, 1.54) is 19.3 Å². The van der Waals surface area contributed by atoms with Gasteiger partial charge in [-0.25, -0.2) is 4.98 Å². The Kier molecular flexibility index (Phi) is 5.37. The van der Waals surface area contributed by atoms with Gasteiger partial charge >= 0.3 is 0 Å². The minimum atomic E-state index is 0.122. The van der Waals surface area contributed by atoms with Gasteiger partial charge in [-0.3, -0.25) is 9.36 Å². The molecule has 0 N–H and O–H groups in total. The van der Waals surface area contributed by atoms with E-state index in [1.807, 2.05) is 34.9 Å². The maximum Gasteiger partial charge on any atom is 0.272 e. The van der Waals surface area contributed by atoms with Crippen molar-refractivity contribution in [1.82, 2.24) is 9.55 Å². The molecular weight excluding hydrogens is 420 g/mol. The maximum atomic E-state index is 13.6. The van der Waals surface area contributed by atoms with Gasteiger partial charge in [0.1, 0.15) is 4.70 Å². The highest BCUT2D eigenvalue weighted by molar-refractivity contribution is 7.98. The largest absolute Gasteiger partial charge is 0.283 e. The first-order chi connectivity index (χ1) is 14.2. The molecule has 0 amide bonds. The van der Waals surface area contributed by atoms with Crippen molar-refractivity contribution in [2.24, 2.45) is 0 Å². The minimum Gasteiger partial charge on any atom is -0.283 e. The van der Waals surface area contributed by atoms with Crippen molar-refractivity contribution < 1.29 is 0 Å². The van der Waals surface area contributed by atoms with Crippen LogP contribution in [0.1, 0.15) is 43.7 Å². The van der Waals surface area contributed by atoms with E-state index in [0.29, 0.717) is 0 Å². The second-order valence-electron chi connectivity index (χ2n) is 7.56. The summed E-state index contributed by atoms with van der Waals surface area (Å²) in [6.07, 6.45) is 5.74. The highest BCUT2D eigenvalue weighted by Gasteiger charge is 2.23. The lowest BCUT2D eigenvalue weighted by Crippen LogP contribution is -2.28. The lowest BCUT2D eigenvalue weighted by molar-refractivity contribution is 0.326. The van der Waals surface area contributed by atoms with Crippen LogP contribution in [0.2, 0.25) is 5.02 Å². The molecule has 2 aromatic carbocycles. The Morgan fingerprint density at radius 2 is 1.93 bits per heavy atom. The van der Waals surface area contributed by atoms with Crippen molar-refractivity contribution in [3.8, 4) is 0 Å². The van der Waals surface area contributed by atoms with Crippen LogP contribution in [0, 0.1) is 0 Å². The first-order valence-corrected chi connectivity index (χ1v) is 12.2. The van der Waals surface area contributed by atoms with Crippen molar-refractivity contribution in [1.29, 1.82) is 0 Å². The highest BCUT2D eigenvalue weighted by atomic mass is 35.5. The van der Waals surface area contributed by atoms with Crippen LogP contribution in [-0.4, -0.2) is 9.55 Å². The summed E-state index contributed by atoms with van der Waals surface area (Å²) >= 11 is 9.37. The molecule has 148 valence electrons. The van der Waals surface area contributed by atoms with E-state index < -0.39 is 0 Å². The number of aromatic nitrogens is 2. The maximum absolute atomic E-state index is 13.6. The number of nitrogens with zero attached hydrogens (tertiary/aromatic N) is 2. The molecule has 1 saturated carbocycles. The Balaban J connectivity index is 1.64. The van der Waals surface area contributed by atoms with Gasteiger partial charge in [-0.2, -0.15) is 0 Å². The molecule has 2 heterocycles. The summed E-state index contributed by atoms with van der Waals surface area (Å²) in [5.74, 6) is 0.743. The Morgan fingerprint density at radius 1 is 1.10 bits per heavy atom. The molecule has 5 rings (SSSR count). The van der Waals surface area contributed by atoms with E-state index in [-0.39, 0.29) is 11.6 Å². The van der Waals surface area contributed by atoms with E-state index in [9.17, 15) is 4.79 Å². The summed E-state index contributed by atoms with van der Waals surface area (Å²) < 4.78 is 3.90. The summed E-state index contributed by atoms with van der Waals surface area (Å²) in [6.45, 7) is 0. The van der Waals surface area contributed by atoms with Crippen LogP contribution in [0.3, 0.4) is 0 Å². The summed E-state index contributed by atoms with van der Waals surface area (Å²) in [5, 5.41) is 2.64. The van der Waals surface area contributed by atoms with Gasteiger partial charge in [0.05, 0.1) is 5.52 Å². The van der Waals surface area contributed by atoms with Crippen molar-refractivity contribution >= 4 is 55.0 Å². The molecule has 0 radical (unpaired) electrons. The van der Waals surface area contributed by atoms with Gasteiger partial charge in [0.25, 0.3) is 5.56 Å². The molecule has 29 heavy (non-hydrogen) atoms. The van der Waals surface area contributed by atoms with Crippen LogP contribution < -0.4 is 5.56 Å². The van der Waals surface area contributed by atoms with Gasteiger partial charge in [0, 0.05) is 26.9 Å². The van der Waals surface area contributed by atoms with Gasteiger partial charge < -0.3 is 0 Å². The fraction of sp³-hybridized carbons (Fsp3) is 0.304. The third-order valence-electron chi connectivity index (χ3n) is 5.59. The topological polar surface area (TPSA) is 34.9 Å². The molecule has 6 heteroatoms. The predicted octanol–water partition coefficient (Wildman–Crippen LogP) is 7.06. The highest BCUT2D eigenvalue weighted by Crippen LogP contribution is 2.36. The number of halogens is 1. The molecule has 1 aliphatic rings. The smallest absolute Gasteiger partial charge is 0.272 e. The number of thioether (sulfide) groups is 1. The fourth-order valence-corrected chi connectivity index (χ4v) is 6.47. The molecule has 1 aliphatic carbocycles. The molecule has 4 aromatic rings. The Bertz CT molecular complexity index is 1240. The minimum absolute atomic E-state index is 0.122. The predicted molar refractivity (Wildman–Crippen MR) is 125 cm³/mol. The second kappa shape index (κ2) is 8.13. The molecule has 0 atom stereocenters. The fourth-order valence-electron chi connectivity index (χ4n) is 4.17. The summed E-state index contributed by atoms with van der Waals surface area (Å²) in [5.41, 5.74) is 2.11. The van der Waals surface area contributed by atoms with E-state index in [0.717, 1.165) is 54.6 Å². The molecule has 0 unspecified atom stereocenters. The molecule has 2 aromatic heterocycles. The van der Waals surface area contributed by atoms with Crippen LogP contribution in [-0.2, 0) is 5.75 Å². The summed E-state index contributed by atoms with van der Waals surface area (Å²) in [7, 11) is 0. The first kappa shape index (κ1) is 19.2. The summed E-state index contributed by atoms with van der Waals surface area (Å²) in [4.78, 5) is 18.6. The average Bonchev–Trinajstić information content (AvgIpc) is 3.12. The molecule has 1 fully saturated rings. The SMILES string of the molecule is O=c1c2sc3ccccc3c2nc(SCc2cccc(Cl)c2)n1C1CCCCC1. The number of fused-ring (bicyclic) bond motifs is 3. The number of hydrogen-bond donors (Lipinski definition) is 0. The van der Waals surface area contributed by atoms with Gasteiger partial charge in [-0.15, -0.1) is 11.3 Å². The third kappa shape index (κ3) is 3.72. The average molecular weight is 441 g/mol. The van der Waals surface area contributed by atoms with E-state index in [4.69, 9.17) is 16.6 Å². The van der Waals surface area contributed by atoms with Gasteiger partial charge in [-0.1, -0.05) is 73.0 Å². The molecule has 0 bridgehead atoms. The molecule has 0 spiro atoms. The zero-order valence-corrected chi connectivity index (χ0v) is 18.3. The van der Waals surface area contributed by atoms with E-state index >= 15 is 0 Å². The van der Waals surface area contributed by atoms with E-state index in [1.54, 1.807) is 23.1 Å². The number of hydrogen-bond acceptors (Lipinski definition) is 4. The van der Waals surface area contributed by atoms with Crippen molar-refractivity contribution in [2.45, 2.75) is 49.1 Å². The zero-order chi connectivity index (χ0) is 19.8. The second-order valence-corrected chi connectivity index (χ2v) is 9.99. The van der Waals surface area contributed by atoms with Crippen molar-refractivity contribution in [2.75, 3.05) is 0 Å². The first-order valence-electron chi connectivity index (χ1n) is 10.0. The van der Waals surface area contributed by atoms with Crippen LogP contribution in [0.15, 0.2) is 58.5 Å². The van der Waals surface area contributed by atoms with E-state index in [2.05, 4.69) is 18.2 Å². The molecule has 3 nitrogen and oxygen atoms in total. The van der Waals surface area contributed by atoms with Crippen molar-refractivity contribution in [3.05, 3.63) is 69.5 Å². The van der Waals surface area contributed by atoms with Crippen LogP contribution in [0.5, 0.6) is 0 Å². The lowest BCUT2D eigenvalue weighted by atomic mass is 9.95. The molecule has 0 aliphatic heterocycles. The Hall–Kier alpha value is -1.82.